The molecule has 0 radical (unpaired) electrons. The molecule has 5 aromatic rings. The molecule has 0 bridgehead atoms. The van der Waals surface area contributed by atoms with Crippen LogP contribution in [0.1, 0.15) is 39.4 Å². The lowest BCUT2D eigenvalue weighted by Crippen LogP contribution is -2.05. The molecule has 0 saturated carbocycles. The van der Waals surface area contributed by atoms with Crippen molar-refractivity contribution < 1.29 is 8.22 Å². The highest BCUT2D eigenvalue weighted by atomic mass is 15.0. The standard InChI is InChI=1S/C27H23N3/c1-17(2)25-28-26(21-14-13-19-8-4-5-9-20(19)16-21)30-27(29-25)24-15-12-18(3)22-10-6-7-11-23(22)24/h4-17H,1-3H3/i6D,7D,10D,11D,12D,15D. The Balaban J connectivity index is 1.89. The highest BCUT2D eigenvalue weighted by molar-refractivity contribution is 5.97. The van der Waals surface area contributed by atoms with Gasteiger partial charge in [-0.1, -0.05) is 86.5 Å². The Hall–Kier alpha value is -3.59. The Labute approximate surface area is 184 Å². The molecule has 1 aromatic heterocycles. The minimum absolute atomic E-state index is 0.0684. The molecule has 0 fully saturated rings. The normalized spacial score (nSPS) is 14.3. The number of hydrogen-bond acceptors (Lipinski definition) is 3. The van der Waals surface area contributed by atoms with Gasteiger partial charge in [0.05, 0.1) is 8.22 Å². The molecule has 0 spiro atoms. The third kappa shape index (κ3) is 3.22. The van der Waals surface area contributed by atoms with Crippen molar-refractivity contribution in [1.82, 2.24) is 15.0 Å². The van der Waals surface area contributed by atoms with Crippen LogP contribution in [0.2, 0.25) is 0 Å². The average molecular weight is 396 g/mol. The highest BCUT2D eigenvalue weighted by Gasteiger charge is 2.15. The Morgan fingerprint density at radius 1 is 0.767 bits per heavy atom. The molecule has 0 aliphatic rings. The first-order chi connectivity index (χ1) is 17.1. The topological polar surface area (TPSA) is 38.7 Å². The Morgan fingerprint density at radius 2 is 1.50 bits per heavy atom. The van der Waals surface area contributed by atoms with Crippen molar-refractivity contribution in [3.05, 3.63) is 90.1 Å². The van der Waals surface area contributed by atoms with Gasteiger partial charge in [0.15, 0.2) is 11.6 Å². The van der Waals surface area contributed by atoms with E-state index in [1.807, 2.05) is 56.3 Å². The molecule has 0 aliphatic heterocycles. The van der Waals surface area contributed by atoms with Crippen LogP contribution in [0.15, 0.2) is 78.7 Å². The van der Waals surface area contributed by atoms with Crippen LogP contribution >= 0.6 is 0 Å². The second-order valence-electron chi connectivity index (χ2n) is 7.56. The summed E-state index contributed by atoms with van der Waals surface area (Å²) in [5, 5.41) is 2.45. The Morgan fingerprint density at radius 3 is 2.30 bits per heavy atom. The Kier molecular flexibility index (Phi) is 3.15. The lowest BCUT2D eigenvalue weighted by molar-refractivity contribution is 0.766. The maximum atomic E-state index is 8.77. The van der Waals surface area contributed by atoms with Crippen molar-refractivity contribution in [3.8, 4) is 22.8 Å². The fourth-order valence-corrected chi connectivity index (χ4v) is 3.45. The molecular formula is C27H23N3. The summed E-state index contributed by atoms with van der Waals surface area (Å²) in [4.78, 5) is 14.0. The number of fused-ring (bicyclic) bond motifs is 2. The summed E-state index contributed by atoms with van der Waals surface area (Å²) in [5.74, 6) is 0.935. The molecule has 4 aromatic carbocycles. The van der Waals surface area contributed by atoms with E-state index in [9.17, 15) is 0 Å². The van der Waals surface area contributed by atoms with E-state index < -0.39 is 6.04 Å². The number of rotatable bonds is 3. The molecule has 3 nitrogen and oxygen atoms in total. The van der Waals surface area contributed by atoms with Gasteiger partial charge in [-0.15, -0.1) is 0 Å². The van der Waals surface area contributed by atoms with E-state index in [0.717, 1.165) is 16.3 Å². The first kappa shape index (κ1) is 12.9. The van der Waals surface area contributed by atoms with Gasteiger partial charge < -0.3 is 0 Å². The van der Waals surface area contributed by atoms with Crippen molar-refractivity contribution >= 4 is 21.5 Å². The molecule has 0 saturated heterocycles. The first-order valence-electron chi connectivity index (χ1n) is 12.9. The van der Waals surface area contributed by atoms with Crippen LogP contribution in [-0.2, 0) is 0 Å². The molecule has 0 aliphatic carbocycles. The third-order valence-corrected chi connectivity index (χ3v) is 5.09. The highest BCUT2D eigenvalue weighted by Crippen LogP contribution is 2.31. The molecule has 0 amide bonds. The van der Waals surface area contributed by atoms with E-state index in [4.69, 9.17) is 8.22 Å². The average Bonchev–Trinajstić information content (AvgIpc) is 2.88. The van der Waals surface area contributed by atoms with Crippen LogP contribution in [0.3, 0.4) is 0 Å². The van der Waals surface area contributed by atoms with E-state index >= 15 is 0 Å². The second-order valence-corrected chi connectivity index (χ2v) is 7.56. The number of aromatic nitrogens is 3. The van der Waals surface area contributed by atoms with Crippen LogP contribution < -0.4 is 0 Å². The summed E-state index contributed by atoms with van der Waals surface area (Å²) in [6, 6.07) is 12.2. The van der Waals surface area contributed by atoms with Gasteiger partial charge in [0, 0.05) is 17.0 Å². The van der Waals surface area contributed by atoms with E-state index in [1.165, 1.54) is 0 Å². The molecule has 146 valence electrons. The minimum Gasteiger partial charge on any atom is -0.213 e. The van der Waals surface area contributed by atoms with Gasteiger partial charge in [0.2, 0.25) is 0 Å². The maximum absolute atomic E-state index is 8.77. The van der Waals surface area contributed by atoms with Crippen LogP contribution in [0.5, 0.6) is 0 Å². The van der Waals surface area contributed by atoms with Crippen molar-refractivity contribution in [2.24, 2.45) is 0 Å². The zero-order valence-electron chi connectivity index (χ0n) is 23.0. The zero-order valence-corrected chi connectivity index (χ0v) is 17.0. The number of hydrogen-bond donors (Lipinski definition) is 0. The molecule has 30 heavy (non-hydrogen) atoms. The van der Waals surface area contributed by atoms with Gasteiger partial charge in [-0.2, -0.15) is 0 Å². The van der Waals surface area contributed by atoms with Crippen LogP contribution in [0.25, 0.3) is 44.3 Å². The van der Waals surface area contributed by atoms with Gasteiger partial charge in [-0.25, -0.2) is 15.0 Å². The van der Waals surface area contributed by atoms with Crippen LogP contribution in [0, 0.1) is 6.92 Å². The van der Waals surface area contributed by atoms with Gasteiger partial charge >= 0.3 is 0 Å². The lowest BCUT2D eigenvalue weighted by Gasteiger charge is -2.12. The van der Waals surface area contributed by atoms with E-state index in [0.29, 0.717) is 17.2 Å². The number of nitrogens with zero attached hydrogens (tertiary/aromatic N) is 3. The van der Waals surface area contributed by atoms with Crippen LogP contribution in [-0.4, -0.2) is 15.0 Å². The van der Waals surface area contributed by atoms with Crippen molar-refractivity contribution in [1.29, 1.82) is 0 Å². The molecule has 0 atom stereocenters. The second kappa shape index (κ2) is 7.34. The van der Waals surface area contributed by atoms with Gasteiger partial charge in [0.1, 0.15) is 5.82 Å². The predicted molar refractivity (Wildman–Crippen MR) is 125 cm³/mol. The van der Waals surface area contributed by atoms with E-state index in [-0.39, 0.29) is 58.3 Å². The van der Waals surface area contributed by atoms with Crippen LogP contribution in [0.4, 0.5) is 0 Å². The van der Waals surface area contributed by atoms with E-state index in [2.05, 4.69) is 15.0 Å². The summed E-state index contributed by atoms with van der Waals surface area (Å²) in [6.45, 7) is 5.49. The SMILES string of the molecule is [2H]c1c([2H])c([2H])c2c(-c3nc(-c4ccc5ccccc5c4)nc(C(C)C)n3)c([2H])c([2H])c(C)c2c1[2H]. The first-order valence-corrected chi connectivity index (χ1v) is 9.85. The van der Waals surface area contributed by atoms with Gasteiger partial charge in [0.25, 0.3) is 0 Å². The van der Waals surface area contributed by atoms with Crippen molar-refractivity contribution in [3.63, 3.8) is 0 Å². The van der Waals surface area contributed by atoms with Gasteiger partial charge in [-0.3, -0.25) is 0 Å². The zero-order chi connectivity index (χ0) is 25.9. The summed E-state index contributed by atoms with van der Waals surface area (Å²) in [5.41, 5.74) is 1.19. The summed E-state index contributed by atoms with van der Waals surface area (Å²) < 4.78 is 50.7. The Bertz CT molecular complexity index is 1690. The molecular weight excluding hydrogens is 366 g/mol. The fraction of sp³-hybridized carbons (Fsp3) is 0.148. The maximum Gasteiger partial charge on any atom is 0.164 e. The van der Waals surface area contributed by atoms with E-state index in [1.54, 1.807) is 6.92 Å². The monoisotopic (exact) mass is 395 g/mol. The summed E-state index contributed by atoms with van der Waals surface area (Å²) in [6.07, 6.45) is 0. The molecule has 0 N–H and O–H groups in total. The third-order valence-electron chi connectivity index (χ3n) is 5.09. The lowest BCUT2D eigenvalue weighted by atomic mass is 9.99. The fourth-order valence-electron chi connectivity index (χ4n) is 3.45. The van der Waals surface area contributed by atoms with Crippen molar-refractivity contribution in [2.75, 3.05) is 0 Å². The smallest absolute Gasteiger partial charge is 0.164 e. The summed E-state index contributed by atoms with van der Waals surface area (Å²) >= 11 is 0. The largest absolute Gasteiger partial charge is 0.213 e. The summed E-state index contributed by atoms with van der Waals surface area (Å²) in [7, 11) is 0. The molecule has 3 heteroatoms. The minimum atomic E-state index is -0.404. The quantitative estimate of drug-likeness (QED) is 0.332. The number of aryl methyl sites for hydroxylation is 1. The molecule has 1 heterocycles. The van der Waals surface area contributed by atoms with Gasteiger partial charge in [-0.05, 0) is 40.1 Å². The van der Waals surface area contributed by atoms with Crippen molar-refractivity contribution in [2.45, 2.75) is 26.7 Å². The predicted octanol–water partition coefficient (Wildman–Crippen LogP) is 6.94. The molecule has 0 unspecified atom stereocenters. The number of benzene rings is 4. The molecule has 5 rings (SSSR count).